The molecule has 1 aliphatic heterocycles. The number of hydrogen-bond acceptors (Lipinski definition) is 2. The lowest BCUT2D eigenvalue weighted by molar-refractivity contribution is 0.0972. The third kappa shape index (κ3) is 3.77. The molecule has 0 bridgehead atoms. The van der Waals surface area contributed by atoms with Crippen LogP contribution in [-0.4, -0.2) is 29.0 Å². The number of nitrogens with zero attached hydrogens (tertiary/aromatic N) is 1. The first kappa shape index (κ1) is 14.0. The second-order valence-corrected chi connectivity index (χ2v) is 5.36. The van der Waals surface area contributed by atoms with Crippen LogP contribution in [0.2, 0.25) is 0 Å². The molecule has 0 radical (unpaired) electrons. The smallest absolute Gasteiger partial charge is 0.257 e. The molecule has 1 aliphatic rings. The van der Waals surface area contributed by atoms with Gasteiger partial charge in [0.05, 0.1) is 0 Å². The first-order valence-corrected chi connectivity index (χ1v) is 7.25. The Bertz CT molecular complexity index is 465. The number of amides is 1. The van der Waals surface area contributed by atoms with Crippen molar-refractivity contribution in [2.24, 2.45) is 0 Å². The van der Waals surface area contributed by atoms with E-state index in [0.717, 1.165) is 31.5 Å². The summed E-state index contributed by atoms with van der Waals surface area (Å²) in [6.45, 7) is 3.84. The quantitative estimate of drug-likeness (QED) is 0.801. The summed E-state index contributed by atoms with van der Waals surface area (Å²) in [6, 6.07) is 7.57. The molecule has 0 aliphatic carbocycles. The summed E-state index contributed by atoms with van der Waals surface area (Å²) in [6.07, 6.45) is 4.82. The molecule has 1 amide bonds. The molecule has 1 N–H and O–H groups in total. The average Bonchev–Trinajstić information content (AvgIpc) is 2.68. The Kier molecular flexibility index (Phi) is 4.91. The van der Waals surface area contributed by atoms with Gasteiger partial charge in [-0.15, -0.1) is 0 Å². The first-order chi connectivity index (χ1) is 9.18. The van der Waals surface area contributed by atoms with Gasteiger partial charge in [-0.1, -0.05) is 31.0 Å². The molecule has 1 fully saturated rings. The molecule has 19 heavy (non-hydrogen) atoms. The molecule has 0 aromatic heterocycles. The van der Waals surface area contributed by atoms with Gasteiger partial charge in [-0.05, 0) is 43.6 Å². The van der Waals surface area contributed by atoms with Crippen molar-refractivity contribution in [2.75, 3.05) is 13.1 Å². The summed E-state index contributed by atoms with van der Waals surface area (Å²) in [5.74, 6) is -0.104. The van der Waals surface area contributed by atoms with Gasteiger partial charge in [0.25, 0.3) is 5.91 Å². The van der Waals surface area contributed by atoms with Gasteiger partial charge in [0, 0.05) is 18.7 Å². The Morgan fingerprint density at radius 2 is 1.79 bits per heavy atom. The standard InChI is InChI=1S/C15H20N2OS/c1-12-8-4-5-9-13(12)14(18)16-15(19)17-10-6-2-3-7-11-17/h4-5,8-9H,2-3,6-7,10-11H2,1H3,(H,16,18,19). The molecule has 1 saturated heterocycles. The van der Waals surface area contributed by atoms with E-state index in [-0.39, 0.29) is 5.91 Å². The maximum absolute atomic E-state index is 12.2. The van der Waals surface area contributed by atoms with Gasteiger partial charge in [-0.25, -0.2) is 0 Å². The molecule has 0 unspecified atom stereocenters. The van der Waals surface area contributed by atoms with Crippen LogP contribution in [0.25, 0.3) is 0 Å². The van der Waals surface area contributed by atoms with E-state index in [1.807, 2.05) is 31.2 Å². The van der Waals surface area contributed by atoms with E-state index in [9.17, 15) is 4.79 Å². The molecule has 4 heteroatoms. The predicted octanol–water partition coefficient (Wildman–Crippen LogP) is 2.89. The van der Waals surface area contributed by atoms with E-state index in [1.54, 1.807) is 0 Å². The van der Waals surface area contributed by atoms with Gasteiger partial charge in [-0.3, -0.25) is 10.1 Å². The molecule has 0 atom stereocenters. The SMILES string of the molecule is Cc1ccccc1C(=O)NC(=S)N1CCCCCC1. The fourth-order valence-corrected chi connectivity index (χ4v) is 2.62. The molecular formula is C15H20N2OS. The molecule has 102 valence electrons. The van der Waals surface area contributed by atoms with Crippen molar-refractivity contribution in [2.45, 2.75) is 32.6 Å². The largest absolute Gasteiger partial charge is 0.349 e. The summed E-state index contributed by atoms with van der Waals surface area (Å²) < 4.78 is 0. The zero-order chi connectivity index (χ0) is 13.7. The summed E-state index contributed by atoms with van der Waals surface area (Å²) >= 11 is 5.35. The fourth-order valence-electron chi connectivity index (χ4n) is 2.34. The monoisotopic (exact) mass is 276 g/mol. The van der Waals surface area contributed by atoms with Crippen LogP contribution in [0, 0.1) is 6.92 Å². The van der Waals surface area contributed by atoms with E-state index in [4.69, 9.17) is 12.2 Å². The summed E-state index contributed by atoms with van der Waals surface area (Å²) in [7, 11) is 0. The van der Waals surface area contributed by atoms with Crippen LogP contribution in [0.1, 0.15) is 41.6 Å². The number of carbonyl (C=O) groups is 1. The number of likely N-dealkylation sites (tertiary alicyclic amines) is 1. The van der Waals surface area contributed by atoms with Crippen molar-refractivity contribution in [1.29, 1.82) is 0 Å². The highest BCUT2D eigenvalue weighted by Gasteiger charge is 2.16. The van der Waals surface area contributed by atoms with Crippen LogP contribution < -0.4 is 5.32 Å². The average molecular weight is 276 g/mol. The molecule has 1 heterocycles. The number of carbonyl (C=O) groups excluding carboxylic acids is 1. The van der Waals surface area contributed by atoms with Crippen molar-refractivity contribution in [3.8, 4) is 0 Å². The molecule has 1 aromatic rings. The summed E-state index contributed by atoms with van der Waals surface area (Å²) in [5, 5.41) is 3.42. The van der Waals surface area contributed by atoms with Crippen LogP contribution in [0.4, 0.5) is 0 Å². The Morgan fingerprint density at radius 1 is 1.16 bits per heavy atom. The number of hydrogen-bond donors (Lipinski definition) is 1. The number of rotatable bonds is 1. The van der Waals surface area contributed by atoms with Crippen LogP contribution in [0.15, 0.2) is 24.3 Å². The highest BCUT2D eigenvalue weighted by atomic mass is 32.1. The van der Waals surface area contributed by atoms with Crippen LogP contribution in [0.5, 0.6) is 0 Å². The summed E-state index contributed by atoms with van der Waals surface area (Å²) in [5.41, 5.74) is 1.67. The van der Waals surface area contributed by atoms with Crippen molar-refractivity contribution in [3.63, 3.8) is 0 Å². The Balaban J connectivity index is 1.98. The first-order valence-electron chi connectivity index (χ1n) is 6.84. The minimum Gasteiger partial charge on any atom is -0.349 e. The van der Waals surface area contributed by atoms with Gasteiger partial charge in [0.15, 0.2) is 5.11 Å². The minimum atomic E-state index is -0.104. The normalized spacial score (nSPS) is 15.7. The molecule has 3 nitrogen and oxygen atoms in total. The number of aryl methyl sites for hydroxylation is 1. The van der Waals surface area contributed by atoms with Crippen molar-refractivity contribution >= 4 is 23.2 Å². The van der Waals surface area contributed by atoms with Gasteiger partial charge in [0.2, 0.25) is 0 Å². The van der Waals surface area contributed by atoms with E-state index in [0.29, 0.717) is 10.7 Å². The molecule has 1 aromatic carbocycles. The summed E-state index contributed by atoms with van der Waals surface area (Å²) in [4.78, 5) is 14.3. The number of nitrogens with one attached hydrogen (secondary N) is 1. The fraction of sp³-hybridized carbons (Fsp3) is 0.467. The van der Waals surface area contributed by atoms with Crippen molar-refractivity contribution < 1.29 is 4.79 Å². The number of benzene rings is 1. The third-order valence-electron chi connectivity index (χ3n) is 3.50. The van der Waals surface area contributed by atoms with Crippen molar-refractivity contribution in [3.05, 3.63) is 35.4 Å². The minimum absolute atomic E-state index is 0.104. The van der Waals surface area contributed by atoms with E-state index < -0.39 is 0 Å². The second kappa shape index (κ2) is 6.66. The third-order valence-corrected chi connectivity index (χ3v) is 3.86. The van der Waals surface area contributed by atoms with Crippen LogP contribution in [-0.2, 0) is 0 Å². The lowest BCUT2D eigenvalue weighted by Gasteiger charge is -2.23. The maximum atomic E-state index is 12.2. The van der Waals surface area contributed by atoms with Crippen molar-refractivity contribution in [1.82, 2.24) is 10.2 Å². The van der Waals surface area contributed by atoms with E-state index >= 15 is 0 Å². The zero-order valence-corrected chi connectivity index (χ0v) is 12.1. The molecular weight excluding hydrogens is 256 g/mol. The highest BCUT2D eigenvalue weighted by molar-refractivity contribution is 7.80. The van der Waals surface area contributed by atoms with Crippen LogP contribution in [0.3, 0.4) is 0 Å². The molecule has 2 rings (SSSR count). The topological polar surface area (TPSA) is 32.3 Å². The maximum Gasteiger partial charge on any atom is 0.257 e. The Morgan fingerprint density at radius 3 is 2.42 bits per heavy atom. The van der Waals surface area contributed by atoms with Gasteiger partial charge < -0.3 is 4.90 Å². The van der Waals surface area contributed by atoms with E-state index in [2.05, 4.69) is 10.2 Å². The van der Waals surface area contributed by atoms with Gasteiger partial charge in [-0.2, -0.15) is 0 Å². The molecule has 0 spiro atoms. The van der Waals surface area contributed by atoms with Gasteiger partial charge >= 0.3 is 0 Å². The second-order valence-electron chi connectivity index (χ2n) is 4.98. The van der Waals surface area contributed by atoms with E-state index in [1.165, 1.54) is 12.8 Å². The van der Waals surface area contributed by atoms with Crippen LogP contribution >= 0.6 is 12.2 Å². The predicted molar refractivity (Wildman–Crippen MR) is 81.3 cm³/mol. The lowest BCUT2D eigenvalue weighted by Crippen LogP contribution is -2.43. The number of thiocarbonyl (C=S) groups is 1. The highest BCUT2D eigenvalue weighted by Crippen LogP contribution is 2.11. The zero-order valence-electron chi connectivity index (χ0n) is 11.3. The lowest BCUT2D eigenvalue weighted by atomic mass is 10.1. The molecule has 0 saturated carbocycles. The van der Waals surface area contributed by atoms with Gasteiger partial charge in [0.1, 0.15) is 0 Å². The Labute approximate surface area is 120 Å². The Hall–Kier alpha value is -1.42.